The maximum absolute atomic E-state index is 10.8. The number of rotatable bonds is 2. The van der Waals surface area contributed by atoms with E-state index in [2.05, 4.69) is 0 Å². The molecule has 0 spiro atoms. The van der Waals surface area contributed by atoms with Gasteiger partial charge in [-0.2, -0.15) is 0 Å². The molecule has 0 atom stereocenters. The highest BCUT2D eigenvalue weighted by Crippen LogP contribution is 2.34. The summed E-state index contributed by atoms with van der Waals surface area (Å²) in [5.41, 5.74) is -0.509. The first-order valence-corrected chi connectivity index (χ1v) is 4.49. The predicted octanol–water partition coefficient (Wildman–Crippen LogP) is 2.27. The van der Waals surface area contributed by atoms with Crippen LogP contribution < -0.4 is 0 Å². The van der Waals surface area contributed by atoms with Crippen molar-refractivity contribution in [2.45, 2.75) is 0 Å². The van der Waals surface area contributed by atoms with Crippen LogP contribution in [0.25, 0.3) is 10.8 Å². The Balaban J connectivity index is 2.93. The fourth-order valence-corrected chi connectivity index (χ4v) is 1.61. The number of carbonyl (C=O) groups excluding carboxylic acids is 1. The average Bonchev–Trinajstić information content (AvgIpc) is 2.28. The fourth-order valence-electron chi connectivity index (χ4n) is 1.61. The molecule has 0 bridgehead atoms. The van der Waals surface area contributed by atoms with Gasteiger partial charge in [-0.1, -0.05) is 24.3 Å². The normalized spacial score (nSPS) is 10.2. The zero-order chi connectivity index (χ0) is 11.7. The molecule has 2 rings (SSSR count). The molecule has 2 aromatic rings. The summed E-state index contributed by atoms with van der Waals surface area (Å²) >= 11 is 0. The number of hydrogen-bond donors (Lipinski definition) is 1. The van der Waals surface area contributed by atoms with Crippen molar-refractivity contribution in [2.75, 3.05) is 0 Å². The quantitative estimate of drug-likeness (QED) is 0.475. The minimum absolute atomic E-state index is 0.0511. The van der Waals surface area contributed by atoms with Crippen molar-refractivity contribution >= 4 is 22.7 Å². The van der Waals surface area contributed by atoms with Crippen LogP contribution in [0.3, 0.4) is 0 Å². The maximum Gasteiger partial charge on any atom is 0.312 e. The molecule has 0 aliphatic heterocycles. The van der Waals surface area contributed by atoms with Crippen LogP contribution in [0.4, 0.5) is 5.69 Å². The summed E-state index contributed by atoms with van der Waals surface area (Å²) in [6.45, 7) is 0. The van der Waals surface area contributed by atoms with Crippen LogP contribution in [0.15, 0.2) is 30.3 Å². The Morgan fingerprint density at radius 2 is 2.00 bits per heavy atom. The first-order valence-electron chi connectivity index (χ1n) is 4.49. The lowest BCUT2D eigenvalue weighted by molar-refractivity contribution is -0.385. The van der Waals surface area contributed by atoms with Gasteiger partial charge in [0.15, 0.2) is 6.29 Å². The number of nitro groups is 1. The van der Waals surface area contributed by atoms with E-state index in [0.29, 0.717) is 17.1 Å². The predicted molar refractivity (Wildman–Crippen MR) is 57.7 cm³/mol. The van der Waals surface area contributed by atoms with Crippen molar-refractivity contribution in [1.82, 2.24) is 0 Å². The molecule has 5 nitrogen and oxygen atoms in total. The number of nitro benzene ring substituents is 1. The number of benzene rings is 2. The van der Waals surface area contributed by atoms with Gasteiger partial charge in [0.25, 0.3) is 0 Å². The molecule has 0 unspecified atom stereocenters. The highest BCUT2D eigenvalue weighted by molar-refractivity contribution is 6.02. The van der Waals surface area contributed by atoms with E-state index >= 15 is 0 Å². The van der Waals surface area contributed by atoms with Crippen LogP contribution in [0, 0.1) is 10.1 Å². The second kappa shape index (κ2) is 3.62. The van der Waals surface area contributed by atoms with E-state index in [-0.39, 0.29) is 5.56 Å². The second-order valence-electron chi connectivity index (χ2n) is 3.25. The topological polar surface area (TPSA) is 80.4 Å². The van der Waals surface area contributed by atoms with Gasteiger partial charge in [0.05, 0.1) is 10.5 Å². The van der Waals surface area contributed by atoms with Crippen LogP contribution in [0.1, 0.15) is 10.4 Å². The Hall–Kier alpha value is -2.43. The van der Waals surface area contributed by atoms with Crippen LogP contribution >= 0.6 is 0 Å². The van der Waals surface area contributed by atoms with E-state index in [1.807, 2.05) is 0 Å². The van der Waals surface area contributed by atoms with Gasteiger partial charge >= 0.3 is 5.69 Å². The van der Waals surface area contributed by atoms with Crippen LogP contribution in [-0.2, 0) is 0 Å². The van der Waals surface area contributed by atoms with E-state index in [1.54, 1.807) is 24.3 Å². The monoisotopic (exact) mass is 217 g/mol. The molecule has 0 aliphatic rings. The fraction of sp³-hybridized carbons (Fsp3) is 0. The third-order valence-electron chi connectivity index (χ3n) is 2.36. The number of aromatic hydroxyl groups is 1. The zero-order valence-corrected chi connectivity index (χ0v) is 8.08. The van der Waals surface area contributed by atoms with E-state index in [0.717, 1.165) is 0 Å². The van der Waals surface area contributed by atoms with Crippen molar-refractivity contribution < 1.29 is 14.8 Å². The number of fused-ring (bicyclic) bond motifs is 1. The number of hydrogen-bond acceptors (Lipinski definition) is 4. The molecule has 0 fully saturated rings. The van der Waals surface area contributed by atoms with E-state index < -0.39 is 16.4 Å². The minimum Gasteiger partial charge on any atom is -0.502 e. The van der Waals surface area contributed by atoms with Gasteiger partial charge in [0.2, 0.25) is 5.75 Å². The van der Waals surface area contributed by atoms with Gasteiger partial charge in [-0.25, -0.2) is 0 Å². The van der Waals surface area contributed by atoms with Gasteiger partial charge in [-0.15, -0.1) is 0 Å². The van der Waals surface area contributed by atoms with Gasteiger partial charge < -0.3 is 5.11 Å². The largest absolute Gasteiger partial charge is 0.502 e. The van der Waals surface area contributed by atoms with Crippen molar-refractivity contribution in [3.8, 4) is 5.75 Å². The molecule has 0 radical (unpaired) electrons. The number of aldehydes is 1. The lowest BCUT2D eigenvalue weighted by Gasteiger charge is -2.04. The molecule has 0 heterocycles. The standard InChI is InChI=1S/C11H7NO4/c13-6-9-8-4-2-1-3-7(8)5-10(11(9)14)12(15)16/h1-6,14H. The molecule has 0 amide bonds. The van der Waals surface area contributed by atoms with Gasteiger partial charge in [0, 0.05) is 6.07 Å². The van der Waals surface area contributed by atoms with Gasteiger partial charge in [-0.05, 0) is 10.8 Å². The van der Waals surface area contributed by atoms with E-state index in [1.165, 1.54) is 6.07 Å². The Bertz CT molecular complexity index is 592. The zero-order valence-electron chi connectivity index (χ0n) is 8.08. The molecule has 5 heteroatoms. The van der Waals surface area contributed by atoms with Gasteiger partial charge in [-0.3, -0.25) is 14.9 Å². The number of nitrogens with zero attached hydrogens (tertiary/aromatic N) is 1. The van der Waals surface area contributed by atoms with Crippen molar-refractivity contribution in [2.24, 2.45) is 0 Å². The van der Waals surface area contributed by atoms with E-state index in [4.69, 9.17) is 0 Å². The molecule has 16 heavy (non-hydrogen) atoms. The smallest absolute Gasteiger partial charge is 0.312 e. The van der Waals surface area contributed by atoms with Crippen LogP contribution in [-0.4, -0.2) is 16.3 Å². The first kappa shape index (κ1) is 10.1. The summed E-state index contributed by atoms with van der Waals surface area (Å²) in [4.78, 5) is 20.8. The molecule has 1 N–H and O–H groups in total. The summed E-state index contributed by atoms with van der Waals surface area (Å²) in [6.07, 6.45) is 0.421. The molecule has 0 aliphatic carbocycles. The molecule has 2 aromatic carbocycles. The Kier molecular flexibility index (Phi) is 2.28. The minimum atomic E-state index is -0.714. The van der Waals surface area contributed by atoms with Crippen molar-refractivity contribution in [3.63, 3.8) is 0 Å². The number of phenolic OH excluding ortho intramolecular Hbond substituents is 1. The summed E-state index contributed by atoms with van der Waals surface area (Å²) in [7, 11) is 0. The number of carbonyl (C=O) groups is 1. The molecular formula is C11H7NO4. The van der Waals surface area contributed by atoms with Gasteiger partial charge in [0.1, 0.15) is 0 Å². The SMILES string of the molecule is O=Cc1c(O)c([N+](=O)[O-])cc2ccccc12. The summed E-state index contributed by atoms with van der Waals surface area (Å²) in [5, 5.41) is 21.3. The first-order chi connectivity index (χ1) is 7.65. The second-order valence-corrected chi connectivity index (χ2v) is 3.25. The molecule has 0 saturated carbocycles. The third-order valence-corrected chi connectivity index (χ3v) is 2.36. The number of phenols is 1. The lowest BCUT2D eigenvalue weighted by Crippen LogP contribution is -1.93. The summed E-state index contributed by atoms with van der Waals surface area (Å²) in [6, 6.07) is 7.92. The van der Waals surface area contributed by atoms with Crippen LogP contribution in [0.2, 0.25) is 0 Å². The highest BCUT2D eigenvalue weighted by Gasteiger charge is 2.19. The molecule has 80 valence electrons. The lowest BCUT2D eigenvalue weighted by atomic mass is 10.0. The summed E-state index contributed by atoms with van der Waals surface area (Å²) < 4.78 is 0. The van der Waals surface area contributed by atoms with Crippen molar-refractivity contribution in [1.29, 1.82) is 0 Å². The molecule has 0 aromatic heterocycles. The molecule has 0 saturated heterocycles. The third kappa shape index (κ3) is 1.38. The van der Waals surface area contributed by atoms with Crippen molar-refractivity contribution in [3.05, 3.63) is 46.0 Å². The van der Waals surface area contributed by atoms with Crippen LogP contribution in [0.5, 0.6) is 5.75 Å². The molecular weight excluding hydrogens is 210 g/mol. The Morgan fingerprint density at radius 3 is 2.62 bits per heavy atom. The summed E-state index contributed by atoms with van der Waals surface area (Å²) in [5.74, 6) is -0.585. The Labute approximate surface area is 90.1 Å². The Morgan fingerprint density at radius 1 is 1.31 bits per heavy atom. The maximum atomic E-state index is 10.8. The highest BCUT2D eigenvalue weighted by atomic mass is 16.6. The average molecular weight is 217 g/mol. The van der Waals surface area contributed by atoms with E-state index in [9.17, 15) is 20.0 Å².